The number of nitrogens with zero attached hydrogens (tertiary/aromatic N) is 2. The number of amides is 2. The predicted molar refractivity (Wildman–Crippen MR) is 113 cm³/mol. The lowest BCUT2D eigenvalue weighted by Gasteiger charge is -2.13. The van der Waals surface area contributed by atoms with Gasteiger partial charge < -0.3 is 14.8 Å². The summed E-state index contributed by atoms with van der Waals surface area (Å²) in [6.45, 7) is 1.28. The van der Waals surface area contributed by atoms with Gasteiger partial charge in [-0.25, -0.2) is 0 Å². The summed E-state index contributed by atoms with van der Waals surface area (Å²) in [7, 11) is 1.30. The largest absolute Gasteiger partial charge is 0.493 e. The van der Waals surface area contributed by atoms with Crippen LogP contribution in [0.15, 0.2) is 46.3 Å². The van der Waals surface area contributed by atoms with Gasteiger partial charge in [0.25, 0.3) is 5.91 Å². The van der Waals surface area contributed by atoms with E-state index in [4.69, 9.17) is 9.47 Å². The summed E-state index contributed by atoms with van der Waals surface area (Å²) < 4.78 is 49.4. The molecule has 0 unspecified atom stereocenters. The summed E-state index contributed by atoms with van der Waals surface area (Å²) in [5.41, 5.74) is -1.57. The molecule has 1 aliphatic heterocycles. The van der Waals surface area contributed by atoms with Crippen molar-refractivity contribution in [2.45, 2.75) is 13.1 Å². The highest BCUT2D eigenvalue weighted by Crippen LogP contribution is 2.40. The van der Waals surface area contributed by atoms with E-state index >= 15 is 0 Å². The second kappa shape index (κ2) is 9.32. The molecule has 0 saturated carbocycles. The minimum Gasteiger partial charge on any atom is -0.493 e. The topological polar surface area (TPSA) is 120 Å². The lowest BCUT2D eigenvalue weighted by atomic mass is 10.1. The molecule has 2 aromatic carbocycles. The number of alkyl halides is 3. The molecule has 13 heteroatoms. The van der Waals surface area contributed by atoms with Crippen LogP contribution in [0.1, 0.15) is 18.1 Å². The molecule has 3 rings (SSSR count). The summed E-state index contributed by atoms with van der Waals surface area (Å²) >= 11 is 0.961. The van der Waals surface area contributed by atoms with Crippen LogP contribution in [0.4, 0.5) is 18.9 Å². The summed E-state index contributed by atoms with van der Waals surface area (Å²) in [6.07, 6.45) is -3.27. The number of nitrogens with one attached hydrogen (secondary N) is 1. The zero-order chi connectivity index (χ0) is 24.3. The number of amidine groups is 1. The molecule has 1 aliphatic rings. The highest BCUT2D eigenvalue weighted by atomic mass is 32.2. The number of rotatable bonds is 5. The smallest absolute Gasteiger partial charge is 0.416 e. The zero-order valence-electron chi connectivity index (χ0n) is 16.9. The molecule has 0 spiro atoms. The molecule has 0 atom stereocenters. The Bertz CT molecular complexity index is 1210. The number of nitro benzene ring substituents is 1. The van der Waals surface area contributed by atoms with Gasteiger partial charge in [0.1, 0.15) is 0 Å². The van der Waals surface area contributed by atoms with E-state index in [1.54, 1.807) is 0 Å². The molecule has 172 valence electrons. The maximum atomic E-state index is 12.9. The van der Waals surface area contributed by atoms with Crippen LogP contribution in [0.25, 0.3) is 6.08 Å². The van der Waals surface area contributed by atoms with E-state index in [9.17, 15) is 32.9 Å². The molecule has 2 aromatic rings. The van der Waals surface area contributed by atoms with Gasteiger partial charge in [-0.05, 0) is 47.7 Å². The van der Waals surface area contributed by atoms with Gasteiger partial charge >= 0.3 is 11.9 Å². The Labute approximate surface area is 188 Å². The van der Waals surface area contributed by atoms with Crippen molar-refractivity contribution in [3.05, 3.63) is 62.5 Å². The minimum absolute atomic E-state index is 0.00287. The molecule has 0 aromatic heterocycles. The number of thioether (sulfide) groups is 1. The van der Waals surface area contributed by atoms with Crippen molar-refractivity contribution in [3.63, 3.8) is 0 Å². The van der Waals surface area contributed by atoms with Gasteiger partial charge in [0.05, 0.1) is 22.5 Å². The van der Waals surface area contributed by atoms with Crippen LogP contribution < -0.4 is 14.8 Å². The molecule has 1 N–H and O–H groups in total. The number of benzene rings is 2. The van der Waals surface area contributed by atoms with Crippen LogP contribution in [-0.2, 0) is 15.8 Å². The quantitative estimate of drug-likeness (QED) is 0.379. The Balaban J connectivity index is 1.88. The summed E-state index contributed by atoms with van der Waals surface area (Å²) in [5, 5.41) is 13.8. The molecule has 0 fully saturated rings. The fourth-order valence-electron chi connectivity index (χ4n) is 2.66. The summed E-state index contributed by atoms with van der Waals surface area (Å²) in [4.78, 5) is 37.3. The van der Waals surface area contributed by atoms with Gasteiger partial charge in [0.15, 0.2) is 16.7 Å². The first-order chi connectivity index (χ1) is 15.5. The van der Waals surface area contributed by atoms with Gasteiger partial charge in [-0.2, -0.15) is 18.2 Å². The number of nitro groups is 1. The third-order valence-electron chi connectivity index (χ3n) is 4.09. The first-order valence-corrected chi connectivity index (χ1v) is 9.81. The minimum atomic E-state index is -4.75. The van der Waals surface area contributed by atoms with Crippen molar-refractivity contribution in [2.75, 3.05) is 7.11 Å². The third kappa shape index (κ3) is 5.68. The normalized spacial score (nSPS) is 14.8. The second-order valence-electron chi connectivity index (χ2n) is 6.46. The maximum Gasteiger partial charge on any atom is 0.416 e. The molecular formula is C20H14F3N3O6S. The number of hydrogen-bond acceptors (Lipinski definition) is 7. The molecule has 1 heterocycles. The van der Waals surface area contributed by atoms with Crippen molar-refractivity contribution in [2.24, 2.45) is 4.99 Å². The highest BCUT2D eigenvalue weighted by Gasteiger charge is 2.33. The van der Waals surface area contributed by atoms with Crippen molar-refractivity contribution >= 4 is 40.5 Å². The molecule has 0 bridgehead atoms. The molecular weight excluding hydrogens is 467 g/mol. The first kappa shape index (κ1) is 23.8. The maximum absolute atomic E-state index is 12.9. The molecule has 9 nitrogen and oxygen atoms in total. The molecule has 0 radical (unpaired) electrons. The Morgan fingerprint density at radius 3 is 2.48 bits per heavy atom. The highest BCUT2D eigenvalue weighted by molar-refractivity contribution is 8.18. The van der Waals surface area contributed by atoms with Crippen LogP contribution >= 0.6 is 11.8 Å². The number of methoxy groups -OCH3 is 1. The molecule has 0 saturated heterocycles. The predicted octanol–water partition coefficient (Wildman–Crippen LogP) is 4.52. The second-order valence-corrected chi connectivity index (χ2v) is 7.49. The number of ether oxygens (including phenoxy) is 2. The lowest BCUT2D eigenvalue weighted by molar-refractivity contribution is -0.385. The number of carbonyl (C=O) groups excluding carboxylic acids is 2. The molecule has 33 heavy (non-hydrogen) atoms. The van der Waals surface area contributed by atoms with E-state index in [0.717, 1.165) is 17.8 Å². The third-order valence-corrected chi connectivity index (χ3v) is 4.99. The van der Waals surface area contributed by atoms with Crippen molar-refractivity contribution in [1.29, 1.82) is 0 Å². The zero-order valence-corrected chi connectivity index (χ0v) is 17.7. The number of hydrogen-bond donors (Lipinski definition) is 1. The Morgan fingerprint density at radius 2 is 1.88 bits per heavy atom. The Kier molecular flexibility index (Phi) is 6.72. The van der Waals surface area contributed by atoms with Gasteiger partial charge in [0, 0.05) is 13.0 Å². The van der Waals surface area contributed by atoms with Crippen molar-refractivity contribution in [1.82, 2.24) is 5.32 Å². The standard InChI is InChI=1S/C20H14F3N3O6S/c1-10(27)24-19-25-18(28)17(33-19)8-11-3-5-15(16(7-11)31-2)32-14-6-4-12(20(21,22)23)9-13(14)26(29)30/h3-9H,1-2H3,(H,24,25,27,28)/b17-8-. The van der Waals surface area contributed by atoms with E-state index in [1.807, 2.05) is 0 Å². The fraction of sp³-hybridized carbons (Fsp3) is 0.150. The van der Waals surface area contributed by atoms with Gasteiger partial charge in [-0.15, -0.1) is 0 Å². The van der Waals surface area contributed by atoms with Crippen molar-refractivity contribution < 1.29 is 37.2 Å². The van der Waals surface area contributed by atoms with E-state index in [2.05, 4.69) is 10.3 Å². The van der Waals surface area contributed by atoms with Crippen LogP contribution in [0.2, 0.25) is 0 Å². The van der Waals surface area contributed by atoms with E-state index in [1.165, 1.54) is 38.3 Å². The average molecular weight is 481 g/mol. The number of halogens is 3. The van der Waals surface area contributed by atoms with Crippen LogP contribution in [0.5, 0.6) is 17.2 Å². The van der Waals surface area contributed by atoms with Crippen LogP contribution in [-0.4, -0.2) is 29.0 Å². The average Bonchev–Trinajstić information content (AvgIpc) is 3.06. The molecule has 2 amide bonds. The Morgan fingerprint density at radius 1 is 1.18 bits per heavy atom. The first-order valence-electron chi connectivity index (χ1n) is 8.99. The van der Waals surface area contributed by atoms with Gasteiger partial charge in [-0.3, -0.25) is 19.7 Å². The SMILES string of the molecule is COc1cc(/C=C2\SC(NC(C)=O)=NC2=O)ccc1Oc1ccc(C(F)(F)F)cc1[N+](=O)[O-]. The summed E-state index contributed by atoms with van der Waals surface area (Å²) in [6, 6.07) is 6.25. The lowest BCUT2D eigenvalue weighted by Crippen LogP contribution is -2.23. The monoisotopic (exact) mass is 481 g/mol. The summed E-state index contributed by atoms with van der Waals surface area (Å²) in [5.74, 6) is -1.23. The van der Waals surface area contributed by atoms with Crippen LogP contribution in [0, 0.1) is 10.1 Å². The van der Waals surface area contributed by atoms with Crippen LogP contribution in [0.3, 0.4) is 0 Å². The Hall–Kier alpha value is -3.87. The number of carbonyl (C=O) groups is 2. The fourth-order valence-corrected chi connectivity index (χ4v) is 3.52. The van der Waals surface area contributed by atoms with E-state index < -0.39 is 34.0 Å². The van der Waals surface area contributed by atoms with Crippen molar-refractivity contribution in [3.8, 4) is 17.2 Å². The number of aliphatic imine (C=N–C) groups is 1. The van der Waals surface area contributed by atoms with E-state index in [-0.39, 0.29) is 27.5 Å². The molecule has 0 aliphatic carbocycles. The van der Waals surface area contributed by atoms with Gasteiger partial charge in [-0.1, -0.05) is 6.07 Å². The van der Waals surface area contributed by atoms with Gasteiger partial charge in [0.2, 0.25) is 11.7 Å². The van der Waals surface area contributed by atoms with E-state index in [0.29, 0.717) is 17.7 Å².